The van der Waals surface area contributed by atoms with Crippen molar-refractivity contribution in [2.45, 2.75) is 5.92 Å². The van der Waals surface area contributed by atoms with Crippen LogP contribution >= 0.6 is 0 Å². The summed E-state index contributed by atoms with van der Waals surface area (Å²) in [5, 5.41) is 2.98. The highest BCUT2D eigenvalue weighted by Gasteiger charge is 2.29. The molecule has 3 aromatic rings. The summed E-state index contributed by atoms with van der Waals surface area (Å²) in [6.45, 7) is 4.36. The van der Waals surface area contributed by atoms with Gasteiger partial charge in [0.25, 0.3) is 5.91 Å². The Morgan fingerprint density at radius 1 is 0.800 bits per heavy atom. The Balaban J connectivity index is 1.13. The molecule has 0 radical (unpaired) electrons. The van der Waals surface area contributed by atoms with E-state index in [0.29, 0.717) is 36.7 Å². The molecule has 2 aliphatic rings. The van der Waals surface area contributed by atoms with E-state index in [4.69, 9.17) is 9.47 Å². The highest BCUT2D eigenvalue weighted by Crippen LogP contribution is 2.32. The van der Waals surface area contributed by atoms with Gasteiger partial charge in [0.2, 0.25) is 12.7 Å². The monoisotopic (exact) mass is 471 g/mol. The van der Waals surface area contributed by atoms with E-state index >= 15 is 0 Å². The first-order valence-electron chi connectivity index (χ1n) is 12.0. The molecular formula is C28H29N3O4. The van der Waals surface area contributed by atoms with Gasteiger partial charge in [-0.15, -0.1) is 0 Å². The van der Waals surface area contributed by atoms with E-state index in [1.165, 1.54) is 0 Å². The average Bonchev–Trinajstić information content (AvgIpc) is 3.38. The third-order valence-electron chi connectivity index (χ3n) is 6.55. The van der Waals surface area contributed by atoms with Crippen LogP contribution in [0.25, 0.3) is 0 Å². The highest BCUT2D eigenvalue weighted by atomic mass is 16.7. The average molecular weight is 472 g/mol. The van der Waals surface area contributed by atoms with E-state index in [1.807, 2.05) is 65.6 Å². The molecule has 2 amide bonds. The number of ether oxygens (including phenoxy) is 2. The maximum absolute atomic E-state index is 13.6. The topological polar surface area (TPSA) is 71.1 Å². The van der Waals surface area contributed by atoms with Gasteiger partial charge in [0.15, 0.2) is 11.5 Å². The first-order valence-corrected chi connectivity index (χ1v) is 12.0. The number of nitrogens with one attached hydrogen (secondary N) is 1. The number of fused-ring (bicyclic) bond motifs is 1. The van der Waals surface area contributed by atoms with Gasteiger partial charge in [-0.05, 0) is 29.3 Å². The standard InChI is InChI=1S/C28H29N3O4/c32-27(23-11-12-24-25(19-23)35-20-34-24)29-13-14-30-15-17-31(18-16-30)28(33)26(21-7-3-1-4-8-21)22-9-5-2-6-10-22/h1-12,19,26H,13-18,20H2,(H,29,32). The Bertz CT molecular complexity index is 1120. The molecule has 5 rings (SSSR count). The predicted octanol–water partition coefficient (Wildman–Crippen LogP) is 3.12. The normalized spacial score (nSPS) is 15.3. The third kappa shape index (κ3) is 5.30. The van der Waals surface area contributed by atoms with Crippen LogP contribution in [0, 0.1) is 0 Å². The third-order valence-corrected chi connectivity index (χ3v) is 6.55. The van der Waals surface area contributed by atoms with Crippen molar-refractivity contribution in [1.82, 2.24) is 15.1 Å². The van der Waals surface area contributed by atoms with Crippen molar-refractivity contribution in [2.75, 3.05) is 46.1 Å². The SMILES string of the molecule is O=C(NCCN1CCN(C(=O)C(c2ccccc2)c2ccccc2)CC1)c1ccc2c(c1)OCO2. The van der Waals surface area contributed by atoms with Crippen molar-refractivity contribution >= 4 is 11.8 Å². The molecule has 0 unspecified atom stereocenters. The molecule has 2 heterocycles. The Morgan fingerprint density at radius 3 is 2.09 bits per heavy atom. The molecule has 1 saturated heterocycles. The zero-order chi connectivity index (χ0) is 24.0. The van der Waals surface area contributed by atoms with Crippen LogP contribution in [0.1, 0.15) is 27.4 Å². The molecule has 7 nitrogen and oxygen atoms in total. The Labute approximate surface area is 205 Å². The van der Waals surface area contributed by atoms with Gasteiger partial charge in [0.1, 0.15) is 0 Å². The van der Waals surface area contributed by atoms with Crippen molar-refractivity contribution in [2.24, 2.45) is 0 Å². The van der Waals surface area contributed by atoms with Crippen LogP contribution in [-0.2, 0) is 4.79 Å². The fourth-order valence-electron chi connectivity index (χ4n) is 4.61. The Kier molecular flexibility index (Phi) is 6.95. The van der Waals surface area contributed by atoms with Crippen LogP contribution in [0.4, 0.5) is 0 Å². The second-order valence-electron chi connectivity index (χ2n) is 8.75. The summed E-state index contributed by atoms with van der Waals surface area (Å²) in [6, 6.07) is 25.2. The second-order valence-corrected chi connectivity index (χ2v) is 8.75. The van der Waals surface area contributed by atoms with Crippen LogP contribution in [0.2, 0.25) is 0 Å². The summed E-state index contributed by atoms with van der Waals surface area (Å²) in [7, 11) is 0. The summed E-state index contributed by atoms with van der Waals surface area (Å²) in [6.07, 6.45) is 0. The number of carbonyl (C=O) groups is 2. The molecule has 0 spiro atoms. The van der Waals surface area contributed by atoms with E-state index in [-0.39, 0.29) is 24.5 Å². The van der Waals surface area contributed by atoms with Crippen molar-refractivity contribution in [1.29, 1.82) is 0 Å². The smallest absolute Gasteiger partial charge is 0.251 e. The van der Waals surface area contributed by atoms with Gasteiger partial charge in [0, 0.05) is 44.8 Å². The molecule has 35 heavy (non-hydrogen) atoms. The van der Waals surface area contributed by atoms with E-state index in [9.17, 15) is 9.59 Å². The first-order chi connectivity index (χ1) is 17.2. The molecule has 0 atom stereocenters. The first kappa shape index (κ1) is 22.9. The maximum Gasteiger partial charge on any atom is 0.251 e. The fraction of sp³-hybridized carbons (Fsp3) is 0.286. The molecule has 1 N–H and O–H groups in total. The minimum atomic E-state index is -0.301. The van der Waals surface area contributed by atoms with Gasteiger partial charge >= 0.3 is 0 Å². The summed E-state index contributed by atoms with van der Waals surface area (Å²) < 4.78 is 10.6. The fourth-order valence-corrected chi connectivity index (χ4v) is 4.61. The van der Waals surface area contributed by atoms with Gasteiger partial charge in [-0.3, -0.25) is 14.5 Å². The number of hydrogen-bond donors (Lipinski definition) is 1. The zero-order valence-electron chi connectivity index (χ0n) is 19.6. The number of benzene rings is 3. The van der Waals surface area contributed by atoms with Crippen LogP contribution in [0.5, 0.6) is 11.5 Å². The Hall–Kier alpha value is -3.84. The second kappa shape index (κ2) is 10.6. The lowest BCUT2D eigenvalue weighted by molar-refractivity contribution is -0.133. The molecule has 3 aromatic carbocycles. The van der Waals surface area contributed by atoms with E-state index in [1.54, 1.807) is 18.2 Å². The maximum atomic E-state index is 13.6. The summed E-state index contributed by atoms with van der Waals surface area (Å²) >= 11 is 0. The quantitative estimate of drug-likeness (QED) is 0.573. The minimum absolute atomic E-state index is 0.134. The number of carbonyl (C=O) groups excluding carboxylic acids is 2. The summed E-state index contributed by atoms with van der Waals surface area (Å²) in [4.78, 5) is 30.3. The van der Waals surface area contributed by atoms with Crippen LogP contribution in [0.3, 0.4) is 0 Å². The number of rotatable bonds is 7. The molecule has 2 aliphatic heterocycles. The van der Waals surface area contributed by atoms with Gasteiger partial charge in [-0.2, -0.15) is 0 Å². The molecular weight excluding hydrogens is 442 g/mol. The molecule has 180 valence electrons. The molecule has 0 aliphatic carbocycles. The van der Waals surface area contributed by atoms with Gasteiger partial charge in [-0.25, -0.2) is 0 Å². The van der Waals surface area contributed by atoms with E-state index in [2.05, 4.69) is 10.2 Å². The van der Waals surface area contributed by atoms with Crippen LogP contribution in [-0.4, -0.2) is 67.7 Å². The summed E-state index contributed by atoms with van der Waals surface area (Å²) in [5.41, 5.74) is 2.58. The zero-order valence-corrected chi connectivity index (χ0v) is 19.6. The van der Waals surface area contributed by atoms with E-state index in [0.717, 1.165) is 30.8 Å². The number of nitrogens with zero attached hydrogens (tertiary/aromatic N) is 2. The lowest BCUT2D eigenvalue weighted by Gasteiger charge is -2.36. The molecule has 7 heteroatoms. The number of hydrogen-bond acceptors (Lipinski definition) is 5. The van der Waals surface area contributed by atoms with Crippen LogP contribution < -0.4 is 14.8 Å². The van der Waals surface area contributed by atoms with Gasteiger partial charge < -0.3 is 19.7 Å². The lowest BCUT2D eigenvalue weighted by atomic mass is 9.90. The van der Waals surface area contributed by atoms with Crippen molar-refractivity contribution in [3.63, 3.8) is 0 Å². The Morgan fingerprint density at radius 2 is 1.43 bits per heavy atom. The van der Waals surface area contributed by atoms with Crippen molar-refractivity contribution in [3.05, 3.63) is 95.6 Å². The lowest BCUT2D eigenvalue weighted by Crippen LogP contribution is -2.51. The largest absolute Gasteiger partial charge is 0.454 e. The van der Waals surface area contributed by atoms with Gasteiger partial charge in [0.05, 0.1) is 5.92 Å². The van der Waals surface area contributed by atoms with Gasteiger partial charge in [-0.1, -0.05) is 60.7 Å². The molecule has 0 bridgehead atoms. The van der Waals surface area contributed by atoms with Crippen molar-refractivity contribution < 1.29 is 19.1 Å². The highest BCUT2D eigenvalue weighted by molar-refractivity contribution is 5.95. The predicted molar refractivity (Wildman–Crippen MR) is 133 cm³/mol. The number of amides is 2. The molecule has 0 saturated carbocycles. The van der Waals surface area contributed by atoms with Crippen LogP contribution in [0.15, 0.2) is 78.9 Å². The molecule has 0 aromatic heterocycles. The van der Waals surface area contributed by atoms with E-state index < -0.39 is 0 Å². The molecule has 1 fully saturated rings. The number of piperazine rings is 1. The summed E-state index contributed by atoms with van der Waals surface area (Å²) in [5.74, 6) is 0.965. The van der Waals surface area contributed by atoms with Crippen molar-refractivity contribution in [3.8, 4) is 11.5 Å². The minimum Gasteiger partial charge on any atom is -0.454 e.